The number of halogens is 1. The van der Waals surface area contributed by atoms with E-state index in [9.17, 15) is 14.7 Å². The van der Waals surface area contributed by atoms with Crippen LogP contribution >= 0.6 is 11.6 Å². The summed E-state index contributed by atoms with van der Waals surface area (Å²) in [6, 6.07) is 20.8. The first-order valence-electron chi connectivity index (χ1n) is 9.69. The molecule has 3 aromatic carbocycles. The third-order valence-corrected chi connectivity index (χ3v) is 5.14. The van der Waals surface area contributed by atoms with Gasteiger partial charge in [-0.2, -0.15) is 0 Å². The zero-order valence-corrected chi connectivity index (χ0v) is 17.6. The Kier molecular flexibility index (Phi) is 6.91. The van der Waals surface area contributed by atoms with E-state index in [1.54, 1.807) is 12.1 Å². The Labute approximate surface area is 181 Å². The molecule has 30 heavy (non-hydrogen) atoms. The first-order chi connectivity index (χ1) is 14.3. The van der Waals surface area contributed by atoms with E-state index in [0.29, 0.717) is 29.2 Å². The maximum atomic E-state index is 11.8. The van der Waals surface area contributed by atoms with E-state index in [1.807, 2.05) is 61.5 Å². The normalized spacial score (nSPS) is 11.7. The predicted octanol–water partition coefficient (Wildman–Crippen LogP) is 5.98. The van der Waals surface area contributed by atoms with Crippen LogP contribution in [0, 0.1) is 6.92 Å². The monoisotopic (exact) mass is 422 g/mol. The van der Waals surface area contributed by atoms with Gasteiger partial charge in [0, 0.05) is 5.02 Å². The number of carboxylic acid groups (broad SMARTS) is 1. The quantitative estimate of drug-likeness (QED) is 0.453. The molecule has 1 N–H and O–H groups in total. The molecule has 1 unspecified atom stereocenters. The van der Waals surface area contributed by atoms with Crippen molar-refractivity contribution < 1.29 is 19.4 Å². The molecule has 3 aromatic rings. The number of aryl methyl sites for hydroxylation is 2. The van der Waals surface area contributed by atoms with E-state index >= 15 is 0 Å². The first-order valence-corrected chi connectivity index (χ1v) is 10.1. The van der Waals surface area contributed by atoms with Crippen LogP contribution in [0.3, 0.4) is 0 Å². The third kappa shape index (κ3) is 5.49. The topological polar surface area (TPSA) is 63.6 Å². The lowest BCUT2D eigenvalue weighted by molar-refractivity contribution is -0.145. The van der Waals surface area contributed by atoms with Gasteiger partial charge in [0.2, 0.25) is 0 Å². The highest BCUT2D eigenvalue weighted by molar-refractivity contribution is 6.30. The third-order valence-electron chi connectivity index (χ3n) is 4.89. The SMILES string of the molecule is CC(=O)c1ccc(C)cc1OC(CCc1ccc(-c2ccc(Cl)cc2)cc1)C(=O)O. The lowest BCUT2D eigenvalue weighted by atomic mass is 10.0. The van der Waals surface area contributed by atoms with Crippen molar-refractivity contribution in [2.45, 2.75) is 32.8 Å². The van der Waals surface area contributed by atoms with Crippen molar-refractivity contribution in [3.63, 3.8) is 0 Å². The van der Waals surface area contributed by atoms with Crippen molar-refractivity contribution in [3.05, 3.63) is 88.4 Å². The lowest BCUT2D eigenvalue weighted by Gasteiger charge is -2.17. The second kappa shape index (κ2) is 9.59. The molecular formula is C25H23ClO4. The number of hydrogen-bond donors (Lipinski definition) is 1. The summed E-state index contributed by atoms with van der Waals surface area (Å²) >= 11 is 5.94. The maximum absolute atomic E-state index is 11.8. The van der Waals surface area contributed by atoms with Crippen LogP contribution < -0.4 is 4.74 Å². The summed E-state index contributed by atoms with van der Waals surface area (Å²) < 4.78 is 5.74. The van der Waals surface area contributed by atoms with Gasteiger partial charge in [-0.25, -0.2) is 4.79 Å². The minimum absolute atomic E-state index is 0.160. The van der Waals surface area contributed by atoms with Gasteiger partial charge in [-0.3, -0.25) is 4.79 Å². The van der Waals surface area contributed by atoms with Crippen molar-refractivity contribution in [1.29, 1.82) is 0 Å². The Morgan fingerprint density at radius 3 is 2.13 bits per heavy atom. The molecule has 0 fully saturated rings. The summed E-state index contributed by atoms with van der Waals surface area (Å²) in [6.07, 6.45) is -0.208. The minimum Gasteiger partial charge on any atom is -0.479 e. The number of Topliss-reactive ketones (excluding diaryl/α,β-unsaturated/α-hetero) is 1. The highest BCUT2D eigenvalue weighted by Gasteiger charge is 2.22. The Bertz CT molecular complexity index is 1040. The molecule has 0 bridgehead atoms. The minimum atomic E-state index is -1.05. The summed E-state index contributed by atoms with van der Waals surface area (Å²) in [5.74, 6) is -0.899. The second-order valence-corrected chi connectivity index (χ2v) is 7.68. The molecule has 154 valence electrons. The van der Waals surface area contributed by atoms with Crippen LogP contribution in [-0.2, 0) is 11.2 Å². The molecule has 0 saturated carbocycles. The predicted molar refractivity (Wildman–Crippen MR) is 118 cm³/mol. The molecule has 0 aliphatic carbocycles. The van der Waals surface area contributed by atoms with Gasteiger partial charge in [-0.05, 0) is 73.2 Å². The molecule has 0 radical (unpaired) electrons. The summed E-state index contributed by atoms with van der Waals surface area (Å²) in [6.45, 7) is 3.31. The number of carboxylic acids is 1. The van der Waals surface area contributed by atoms with Crippen LogP contribution in [0.4, 0.5) is 0 Å². The van der Waals surface area contributed by atoms with Gasteiger partial charge in [0.25, 0.3) is 0 Å². The molecule has 4 nitrogen and oxygen atoms in total. The molecule has 0 aromatic heterocycles. The zero-order valence-electron chi connectivity index (χ0n) is 16.9. The average Bonchev–Trinajstić information content (AvgIpc) is 2.71. The number of hydrogen-bond acceptors (Lipinski definition) is 3. The van der Waals surface area contributed by atoms with E-state index in [1.165, 1.54) is 6.92 Å². The second-order valence-electron chi connectivity index (χ2n) is 7.24. The molecule has 0 aliphatic rings. The summed E-state index contributed by atoms with van der Waals surface area (Å²) in [5, 5.41) is 10.3. The van der Waals surface area contributed by atoms with Gasteiger partial charge in [0.15, 0.2) is 11.9 Å². The highest BCUT2D eigenvalue weighted by Crippen LogP contribution is 2.25. The number of benzene rings is 3. The van der Waals surface area contributed by atoms with Crippen molar-refractivity contribution >= 4 is 23.4 Å². The molecule has 1 atom stereocenters. The van der Waals surface area contributed by atoms with Gasteiger partial charge in [-0.1, -0.05) is 54.1 Å². The number of carbonyl (C=O) groups excluding carboxylic acids is 1. The van der Waals surface area contributed by atoms with Crippen molar-refractivity contribution in [1.82, 2.24) is 0 Å². The van der Waals surface area contributed by atoms with Crippen molar-refractivity contribution in [3.8, 4) is 16.9 Å². The van der Waals surface area contributed by atoms with Crippen molar-refractivity contribution in [2.75, 3.05) is 0 Å². The number of ether oxygens (including phenoxy) is 1. The zero-order chi connectivity index (χ0) is 21.7. The maximum Gasteiger partial charge on any atom is 0.344 e. The van der Waals surface area contributed by atoms with E-state index in [4.69, 9.17) is 16.3 Å². The van der Waals surface area contributed by atoms with Crippen LogP contribution in [0.2, 0.25) is 5.02 Å². The Balaban J connectivity index is 1.70. The lowest BCUT2D eigenvalue weighted by Crippen LogP contribution is -2.28. The standard InChI is InChI=1S/C25H23ClO4/c1-16-3-13-22(17(2)27)24(15-16)30-23(25(28)29)14-6-18-4-7-19(8-5-18)20-9-11-21(26)12-10-20/h3-5,7-13,15,23H,6,14H2,1-2H3,(H,28,29). The van der Waals surface area contributed by atoms with Crippen molar-refractivity contribution in [2.24, 2.45) is 0 Å². The molecule has 0 spiro atoms. The molecule has 3 rings (SSSR count). The fourth-order valence-corrected chi connectivity index (χ4v) is 3.33. The van der Waals surface area contributed by atoms with Gasteiger partial charge < -0.3 is 9.84 Å². The Morgan fingerprint density at radius 2 is 1.57 bits per heavy atom. The van der Waals surface area contributed by atoms with Crippen LogP contribution in [0.5, 0.6) is 5.75 Å². The van der Waals surface area contributed by atoms with E-state index in [-0.39, 0.29) is 5.78 Å². The molecule has 0 heterocycles. The number of carbonyl (C=O) groups is 2. The molecule has 5 heteroatoms. The highest BCUT2D eigenvalue weighted by atomic mass is 35.5. The summed E-state index contributed by atoms with van der Waals surface area (Å²) in [5.41, 5.74) is 4.43. The fraction of sp³-hybridized carbons (Fsp3) is 0.200. The Morgan fingerprint density at radius 1 is 0.967 bits per heavy atom. The Hall–Kier alpha value is -3.11. The first kappa shape index (κ1) is 21.6. The van der Waals surface area contributed by atoms with Gasteiger partial charge in [0.1, 0.15) is 5.75 Å². The molecule has 0 aliphatic heterocycles. The molecule has 0 saturated heterocycles. The van der Waals surface area contributed by atoms with Crippen LogP contribution in [0.25, 0.3) is 11.1 Å². The van der Waals surface area contributed by atoms with E-state index in [0.717, 1.165) is 22.3 Å². The average molecular weight is 423 g/mol. The molecule has 0 amide bonds. The van der Waals surface area contributed by atoms with Gasteiger partial charge in [0.05, 0.1) is 5.56 Å². The summed E-state index contributed by atoms with van der Waals surface area (Å²) in [7, 11) is 0. The summed E-state index contributed by atoms with van der Waals surface area (Å²) in [4.78, 5) is 23.6. The fourth-order valence-electron chi connectivity index (χ4n) is 3.21. The molecular weight excluding hydrogens is 400 g/mol. The van der Waals surface area contributed by atoms with Crippen LogP contribution in [0.1, 0.15) is 34.8 Å². The number of ketones is 1. The number of aliphatic carboxylic acids is 1. The van der Waals surface area contributed by atoms with Crippen LogP contribution in [0.15, 0.2) is 66.7 Å². The van der Waals surface area contributed by atoms with E-state index in [2.05, 4.69) is 0 Å². The number of rotatable bonds is 8. The van der Waals surface area contributed by atoms with Crippen LogP contribution in [-0.4, -0.2) is 23.0 Å². The van der Waals surface area contributed by atoms with Gasteiger partial charge >= 0.3 is 5.97 Å². The van der Waals surface area contributed by atoms with E-state index < -0.39 is 12.1 Å². The largest absolute Gasteiger partial charge is 0.479 e. The smallest absolute Gasteiger partial charge is 0.344 e. The van der Waals surface area contributed by atoms with Gasteiger partial charge in [-0.15, -0.1) is 0 Å².